The minimum absolute atomic E-state index is 0.304. The average Bonchev–Trinajstić information content (AvgIpc) is 2.41. The SMILES string of the molecule is NNC(=O)c1ccc(Cn2cccnc2=O)cc1. The van der Waals surface area contributed by atoms with Crippen LogP contribution in [0, 0.1) is 0 Å². The highest BCUT2D eigenvalue weighted by molar-refractivity contribution is 5.93. The van der Waals surface area contributed by atoms with Gasteiger partial charge in [0.05, 0.1) is 6.54 Å². The molecule has 2 rings (SSSR count). The molecule has 0 aliphatic rings. The molecule has 18 heavy (non-hydrogen) atoms. The largest absolute Gasteiger partial charge is 0.347 e. The molecule has 1 aromatic carbocycles. The number of hydrogen-bond donors (Lipinski definition) is 2. The van der Waals surface area contributed by atoms with Gasteiger partial charge in [0.15, 0.2) is 0 Å². The van der Waals surface area contributed by atoms with Crippen molar-refractivity contribution in [3.05, 3.63) is 64.3 Å². The van der Waals surface area contributed by atoms with Gasteiger partial charge in [-0.3, -0.25) is 14.8 Å². The lowest BCUT2D eigenvalue weighted by atomic mass is 10.1. The maximum absolute atomic E-state index is 11.4. The number of amides is 1. The first-order valence-electron chi connectivity index (χ1n) is 5.32. The first-order valence-corrected chi connectivity index (χ1v) is 5.32. The average molecular weight is 244 g/mol. The number of nitrogens with one attached hydrogen (secondary N) is 1. The van der Waals surface area contributed by atoms with Crippen molar-refractivity contribution in [2.24, 2.45) is 5.84 Å². The van der Waals surface area contributed by atoms with E-state index in [1.807, 2.05) is 0 Å². The molecule has 0 saturated heterocycles. The van der Waals surface area contributed by atoms with Gasteiger partial charge in [-0.25, -0.2) is 15.6 Å². The Kier molecular flexibility index (Phi) is 3.49. The highest BCUT2D eigenvalue weighted by Gasteiger charge is 2.03. The molecule has 3 N–H and O–H groups in total. The Morgan fingerprint density at radius 2 is 2.06 bits per heavy atom. The number of rotatable bonds is 3. The molecule has 0 radical (unpaired) electrons. The Labute approximate surface area is 103 Å². The van der Waals surface area contributed by atoms with Crippen LogP contribution >= 0.6 is 0 Å². The zero-order chi connectivity index (χ0) is 13.0. The topological polar surface area (TPSA) is 90.0 Å². The standard InChI is InChI=1S/C12H12N4O2/c13-15-11(17)10-4-2-9(3-5-10)8-16-7-1-6-14-12(16)18/h1-7H,8,13H2,(H,15,17). The van der Waals surface area contributed by atoms with E-state index in [0.717, 1.165) is 5.56 Å². The Balaban J connectivity index is 2.19. The second-order valence-corrected chi connectivity index (χ2v) is 3.70. The summed E-state index contributed by atoms with van der Waals surface area (Å²) in [4.78, 5) is 26.3. The third-order valence-corrected chi connectivity index (χ3v) is 2.48. The number of hydrogen-bond acceptors (Lipinski definition) is 4. The van der Waals surface area contributed by atoms with Crippen LogP contribution < -0.4 is 17.0 Å². The van der Waals surface area contributed by atoms with Crippen LogP contribution in [-0.4, -0.2) is 15.5 Å². The Morgan fingerprint density at radius 1 is 1.33 bits per heavy atom. The van der Waals surface area contributed by atoms with Crippen LogP contribution in [0.1, 0.15) is 15.9 Å². The number of nitrogens with two attached hydrogens (primary N) is 1. The number of benzene rings is 1. The van der Waals surface area contributed by atoms with Crippen molar-refractivity contribution in [3.63, 3.8) is 0 Å². The van der Waals surface area contributed by atoms with E-state index in [1.54, 1.807) is 36.5 Å². The van der Waals surface area contributed by atoms with E-state index >= 15 is 0 Å². The van der Waals surface area contributed by atoms with Gasteiger partial charge >= 0.3 is 5.69 Å². The Bertz CT molecular complexity index is 604. The normalized spacial score (nSPS) is 10.1. The van der Waals surface area contributed by atoms with E-state index in [-0.39, 0.29) is 11.6 Å². The second-order valence-electron chi connectivity index (χ2n) is 3.70. The molecule has 0 unspecified atom stereocenters. The zero-order valence-corrected chi connectivity index (χ0v) is 9.54. The maximum atomic E-state index is 11.4. The third-order valence-electron chi connectivity index (χ3n) is 2.48. The molecule has 1 amide bonds. The van der Waals surface area contributed by atoms with Gasteiger partial charge in [-0.15, -0.1) is 0 Å². The molecule has 1 heterocycles. The van der Waals surface area contributed by atoms with E-state index < -0.39 is 0 Å². The van der Waals surface area contributed by atoms with Crippen LogP contribution in [0.15, 0.2) is 47.5 Å². The van der Waals surface area contributed by atoms with Crippen molar-refractivity contribution in [2.75, 3.05) is 0 Å². The summed E-state index contributed by atoms with van der Waals surface area (Å²) in [5, 5.41) is 0. The van der Waals surface area contributed by atoms with E-state index in [2.05, 4.69) is 10.4 Å². The van der Waals surface area contributed by atoms with Gasteiger partial charge in [-0.05, 0) is 23.8 Å². The van der Waals surface area contributed by atoms with Crippen LogP contribution in [0.5, 0.6) is 0 Å². The van der Waals surface area contributed by atoms with Crippen LogP contribution in [0.25, 0.3) is 0 Å². The molecule has 0 aliphatic carbocycles. The van der Waals surface area contributed by atoms with E-state index in [1.165, 1.54) is 10.8 Å². The lowest BCUT2D eigenvalue weighted by Crippen LogP contribution is -2.29. The van der Waals surface area contributed by atoms with E-state index in [9.17, 15) is 9.59 Å². The number of nitrogens with zero attached hydrogens (tertiary/aromatic N) is 2. The van der Waals surface area contributed by atoms with Gasteiger partial charge in [0.2, 0.25) is 0 Å². The van der Waals surface area contributed by atoms with Crippen molar-refractivity contribution >= 4 is 5.91 Å². The number of carbonyl (C=O) groups excluding carboxylic acids is 1. The van der Waals surface area contributed by atoms with Crippen LogP contribution in [-0.2, 0) is 6.54 Å². The molecular formula is C12H12N4O2. The summed E-state index contributed by atoms with van der Waals surface area (Å²) in [6, 6.07) is 8.53. The first kappa shape index (κ1) is 12.0. The number of aromatic nitrogens is 2. The van der Waals surface area contributed by atoms with Gasteiger partial charge in [0.1, 0.15) is 0 Å². The quantitative estimate of drug-likeness (QED) is 0.448. The van der Waals surface area contributed by atoms with Crippen molar-refractivity contribution < 1.29 is 4.79 Å². The lowest BCUT2D eigenvalue weighted by molar-refractivity contribution is 0.0953. The summed E-state index contributed by atoms with van der Waals surface area (Å²) in [6.45, 7) is 0.414. The molecule has 0 fully saturated rings. The summed E-state index contributed by atoms with van der Waals surface area (Å²) in [5.74, 6) is 4.69. The number of nitrogen functional groups attached to an aromatic ring is 1. The van der Waals surface area contributed by atoms with Crippen LogP contribution in [0.3, 0.4) is 0 Å². The summed E-state index contributed by atoms with van der Waals surface area (Å²) in [5.41, 5.74) is 3.12. The highest BCUT2D eigenvalue weighted by atomic mass is 16.2. The zero-order valence-electron chi connectivity index (χ0n) is 9.54. The summed E-state index contributed by atoms with van der Waals surface area (Å²) >= 11 is 0. The molecule has 1 aromatic heterocycles. The van der Waals surface area contributed by atoms with Crippen LogP contribution in [0.4, 0.5) is 0 Å². The third kappa shape index (κ3) is 2.61. The summed E-state index contributed by atoms with van der Waals surface area (Å²) in [7, 11) is 0. The molecule has 92 valence electrons. The molecule has 0 saturated carbocycles. The fourth-order valence-electron chi connectivity index (χ4n) is 1.55. The fraction of sp³-hybridized carbons (Fsp3) is 0.0833. The smallest absolute Gasteiger partial charge is 0.295 e. The van der Waals surface area contributed by atoms with Gasteiger partial charge in [-0.2, -0.15) is 0 Å². The Hall–Kier alpha value is -2.47. The van der Waals surface area contributed by atoms with E-state index in [0.29, 0.717) is 12.1 Å². The summed E-state index contributed by atoms with van der Waals surface area (Å²) in [6.07, 6.45) is 3.11. The molecule has 0 atom stereocenters. The van der Waals surface area contributed by atoms with Crippen molar-refractivity contribution in [1.82, 2.24) is 15.0 Å². The van der Waals surface area contributed by atoms with Gasteiger partial charge in [0, 0.05) is 18.0 Å². The van der Waals surface area contributed by atoms with Crippen LogP contribution in [0.2, 0.25) is 0 Å². The molecule has 0 aliphatic heterocycles. The predicted molar refractivity (Wildman–Crippen MR) is 65.7 cm³/mol. The fourth-order valence-corrected chi connectivity index (χ4v) is 1.55. The second kappa shape index (κ2) is 5.24. The van der Waals surface area contributed by atoms with Crippen molar-refractivity contribution in [1.29, 1.82) is 0 Å². The molecule has 0 spiro atoms. The minimum atomic E-state index is -0.347. The lowest BCUT2D eigenvalue weighted by Gasteiger charge is -2.05. The van der Waals surface area contributed by atoms with E-state index in [4.69, 9.17) is 5.84 Å². The highest BCUT2D eigenvalue weighted by Crippen LogP contribution is 2.05. The number of hydrazine groups is 1. The molecule has 2 aromatic rings. The molecule has 6 nitrogen and oxygen atoms in total. The van der Waals surface area contributed by atoms with Crippen molar-refractivity contribution in [3.8, 4) is 0 Å². The Morgan fingerprint density at radius 3 is 2.67 bits per heavy atom. The predicted octanol–water partition coefficient (Wildman–Crippen LogP) is -0.105. The summed E-state index contributed by atoms with van der Waals surface area (Å²) < 4.78 is 1.48. The van der Waals surface area contributed by atoms with Gasteiger partial charge < -0.3 is 0 Å². The first-order chi connectivity index (χ1) is 8.70. The van der Waals surface area contributed by atoms with Gasteiger partial charge in [0.25, 0.3) is 5.91 Å². The van der Waals surface area contributed by atoms with Crippen molar-refractivity contribution in [2.45, 2.75) is 6.54 Å². The monoisotopic (exact) mass is 244 g/mol. The molecular weight excluding hydrogens is 232 g/mol. The van der Waals surface area contributed by atoms with Gasteiger partial charge in [-0.1, -0.05) is 12.1 Å². The minimum Gasteiger partial charge on any atom is -0.295 e. The maximum Gasteiger partial charge on any atom is 0.347 e. The molecule has 6 heteroatoms. The number of carbonyl (C=O) groups is 1. The molecule has 0 bridgehead atoms.